The molecule has 1 spiro atoms. The maximum Gasteiger partial charge on any atom is 0.168 e. The van der Waals surface area contributed by atoms with Crippen molar-refractivity contribution >= 4 is 9.84 Å². The third kappa shape index (κ3) is 3.90. The summed E-state index contributed by atoms with van der Waals surface area (Å²) in [5.74, 6) is 0.164. The Bertz CT molecular complexity index is 379. The van der Waals surface area contributed by atoms with Crippen molar-refractivity contribution in [2.24, 2.45) is 0 Å². The molecular formula is C13H25NO4S. The standard InChI is InChI=1S/C13H25NO4S/c1-3-19(15,16)11-8-14(2)12-4-6-13(7-5-12)17-9-10-18-13/h12H,3-11H2,1-2H3. The average Bonchev–Trinajstić information content (AvgIpc) is 2.85. The van der Waals surface area contributed by atoms with E-state index in [1.807, 2.05) is 7.05 Å². The van der Waals surface area contributed by atoms with Crippen molar-refractivity contribution in [2.45, 2.75) is 44.4 Å². The molecule has 1 saturated heterocycles. The van der Waals surface area contributed by atoms with E-state index >= 15 is 0 Å². The predicted molar refractivity (Wildman–Crippen MR) is 73.8 cm³/mol. The van der Waals surface area contributed by atoms with E-state index in [0.29, 0.717) is 25.8 Å². The van der Waals surface area contributed by atoms with Gasteiger partial charge in [0.2, 0.25) is 0 Å². The molecular weight excluding hydrogens is 266 g/mol. The van der Waals surface area contributed by atoms with Gasteiger partial charge in [0.25, 0.3) is 0 Å². The number of hydrogen-bond donors (Lipinski definition) is 0. The highest BCUT2D eigenvalue weighted by Gasteiger charge is 2.41. The molecule has 0 aromatic carbocycles. The van der Waals surface area contributed by atoms with Crippen molar-refractivity contribution in [2.75, 3.05) is 38.3 Å². The van der Waals surface area contributed by atoms with Crippen LogP contribution >= 0.6 is 0 Å². The second-order valence-corrected chi connectivity index (χ2v) is 8.03. The first kappa shape index (κ1) is 15.2. The molecule has 112 valence electrons. The molecule has 1 aliphatic heterocycles. The van der Waals surface area contributed by atoms with Crippen molar-refractivity contribution in [1.82, 2.24) is 4.90 Å². The summed E-state index contributed by atoms with van der Waals surface area (Å²) in [5, 5.41) is 0. The van der Waals surface area contributed by atoms with Crippen LogP contribution in [0.3, 0.4) is 0 Å². The minimum Gasteiger partial charge on any atom is -0.348 e. The lowest BCUT2D eigenvalue weighted by Gasteiger charge is -2.39. The normalized spacial score (nSPS) is 24.4. The summed E-state index contributed by atoms with van der Waals surface area (Å²) in [6.45, 7) is 3.73. The van der Waals surface area contributed by atoms with Crippen molar-refractivity contribution in [3.63, 3.8) is 0 Å². The molecule has 0 bridgehead atoms. The van der Waals surface area contributed by atoms with Crippen LogP contribution in [0.15, 0.2) is 0 Å². The first-order chi connectivity index (χ1) is 8.96. The van der Waals surface area contributed by atoms with Crippen LogP contribution in [-0.4, -0.2) is 63.5 Å². The maximum atomic E-state index is 11.5. The van der Waals surface area contributed by atoms with Crippen LogP contribution in [0.25, 0.3) is 0 Å². The first-order valence-electron chi connectivity index (χ1n) is 7.15. The zero-order valence-electron chi connectivity index (χ0n) is 11.9. The van der Waals surface area contributed by atoms with Crippen LogP contribution < -0.4 is 0 Å². The Hall–Kier alpha value is -0.170. The average molecular weight is 291 g/mol. The number of nitrogens with zero attached hydrogens (tertiary/aromatic N) is 1. The van der Waals surface area contributed by atoms with Gasteiger partial charge in [0.1, 0.15) is 0 Å². The molecule has 0 aromatic heterocycles. The van der Waals surface area contributed by atoms with Crippen LogP contribution in [0.5, 0.6) is 0 Å². The van der Waals surface area contributed by atoms with Crippen molar-refractivity contribution < 1.29 is 17.9 Å². The Labute approximate surface area is 116 Å². The van der Waals surface area contributed by atoms with Crippen molar-refractivity contribution in [3.8, 4) is 0 Å². The first-order valence-corrected chi connectivity index (χ1v) is 8.97. The number of hydrogen-bond acceptors (Lipinski definition) is 5. The van der Waals surface area contributed by atoms with E-state index < -0.39 is 9.84 Å². The van der Waals surface area contributed by atoms with Gasteiger partial charge in [-0.15, -0.1) is 0 Å². The van der Waals surface area contributed by atoms with Gasteiger partial charge in [-0.25, -0.2) is 8.42 Å². The summed E-state index contributed by atoms with van der Waals surface area (Å²) in [6.07, 6.45) is 3.87. The van der Waals surface area contributed by atoms with Gasteiger partial charge >= 0.3 is 0 Å². The van der Waals surface area contributed by atoms with E-state index in [0.717, 1.165) is 25.7 Å². The van der Waals surface area contributed by atoms with Gasteiger partial charge in [0, 0.05) is 31.2 Å². The van der Waals surface area contributed by atoms with Crippen LogP contribution in [0.1, 0.15) is 32.6 Å². The number of rotatable bonds is 5. The summed E-state index contributed by atoms with van der Waals surface area (Å²) < 4.78 is 34.5. The van der Waals surface area contributed by atoms with Crippen LogP contribution in [0, 0.1) is 0 Å². The highest BCUT2D eigenvalue weighted by atomic mass is 32.2. The Morgan fingerprint density at radius 1 is 1.21 bits per heavy atom. The third-order valence-electron chi connectivity index (χ3n) is 4.35. The summed E-state index contributed by atoms with van der Waals surface area (Å²) in [7, 11) is -0.848. The molecule has 6 heteroatoms. The fourth-order valence-corrected chi connectivity index (χ4v) is 3.73. The molecule has 19 heavy (non-hydrogen) atoms. The van der Waals surface area contributed by atoms with Crippen LogP contribution in [0.4, 0.5) is 0 Å². The lowest BCUT2D eigenvalue weighted by Crippen LogP contribution is -2.44. The zero-order valence-corrected chi connectivity index (χ0v) is 12.7. The number of ether oxygens (including phenoxy) is 2. The highest BCUT2D eigenvalue weighted by molar-refractivity contribution is 7.91. The molecule has 0 N–H and O–H groups in total. The summed E-state index contributed by atoms with van der Waals surface area (Å²) in [5.41, 5.74) is 0. The van der Waals surface area contributed by atoms with Crippen LogP contribution in [0.2, 0.25) is 0 Å². The molecule has 0 unspecified atom stereocenters. The minimum atomic E-state index is -2.87. The lowest BCUT2D eigenvalue weighted by molar-refractivity contribution is -0.183. The summed E-state index contributed by atoms with van der Waals surface area (Å²) >= 11 is 0. The molecule has 1 saturated carbocycles. The van der Waals surface area contributed by atoms with E-state index in [9.17, 15) is 8.42 Å². The molecule has 2 fully saturated rings. The fraction of sp³-hybridized carbons (Fsp3) is 1.00. The Morgan fingerprint density at radius 2 is 1.79 bits per heavy atom. The minimum absolute atomic E-state index is 0.232. The quantitative estimate of drug-likeness (QED) is 0.757. The third-order valence-corrected chi connectivity index (χ3v) is 6.03. The van der Waals surface area contributed by atoms with Gasteiger partial charge in [0.15, 0.2) is 15.6 Å². The van der Waals surface area contributed by atoms with Gasteiger partial charge < -0.3 is 14.4 Å². The monoisotopic (exact) mass is 291 g/mol. The molecule has 2 rings (SSSR count). The van der Waals surface area contributed by atoms with E-state index in [1.54, 1.807) is 6.92 Å². The largest absolute Gasteiger partial charge is 0.348 e. The van der Waals surface area contributed by atoms with Gasteiger partial charge in [-0.2, -0.15) is 0 Å². The number of sulfone groups is 1. The van der Waals surface area contributed by atoms with E-state index in [-0.39, 0.29) is 17.3 Å². The second kappa shape index (κ2) is 6.08. The van der Waals surface area contributed by atoms with Gasteiger partial charge in [0.05, 0.1) is 19.0 Å². The predicted octanol–water partition coefficient (Wildman–Crippen LogP) is 1.04. The smallest absolute Gasteiger partial charge is 0.168 e. The Morgan fingerprint density at radius 3 is 2.32 bits per heavy atom. The maximum absolute atomic E-state index is 11.5. The molecule has 0 aromatic rings. The molecule has 0 radical (unpaired) electrons. The fourth-order valence-electron chi connectivity index (χ4n) is 2.88. The summed E-state index contributed by atoms with van der Waals surface area (Å²) in [6, 6.07) is 0.450. The van der Waals surface area contributed by atoms with Crippen molar-refractivity contribution in [3.05, 3.63) is 0 Å². The molecule has 1 aliphatic carbocycles. The lowest BCUT2D eigenvalue weighted by atomic mass is 9.89. The highest BCUT2D eigenvalue weighted by Crippen LogP contribution is 2.36. The summed E-state index contributed by atoms with van der Waals surface area (Å²) in [4.78, 5) is 2.18. The van der Waals surface area contributed by atoms with Crippen LogP contribution in [-0.2, 0) is 19.3 Å². The molecule has 5 nitrogen and oxygen atoms in total. The molecule has 0 atom stereocenters. The molecule has 2 aliphatic rings. The van der Waals surface area contributed by atoms with E-state index in [4.69, 9.17) is 9.47 Å². The molecule has 0 amide bonds. The van der Waals surface area contributed by atoms with Gasteiger partial charge in [-0.1, -0.05) is 6.92 Å². The topological polar surface area (TPSA) is 55.8 Å². The molecule has 1 heterocycles. The zero-order chi connectivity index (χ0) is 13.9. The van der Waals surface area contributed by atoms with Gasteiger partial charge in [-0.05, 0) is 19.9 Å². The van der Waals surface area contributed by atoms with E-state index in [2.05, 4.69) is 4.90 Å². The Kier molecular flexibility index (Phi) is 4.87. The van der Waals surface area contributed by atoms with Crippen molar-refractivity contribution in [1.29, 1.82) is 0 Å². The second-order valence-electron chi connectivity index (χ2n) is 5.56. The van der Waals surface area contributed by atoms with Gasteiger partial charge in [-0.3, -0.25) is 0 Å². The van der Waals surface area contributed by atoms with E-state index in [1.165, 1.54) is 0 Å². The Balaban J connectivity index is 1.77. The SMILES string of the molecule is CCS(=O)(=O)CCN(C)C1CCC2(CC1)OCCO2.